The number of aliphatic hydroxyl groups excluding tert-OH is 1. The summed E-state index contributed by atoms with van der Waals surface area (Å²) >= 11 is 5.35. The maximum absolute atomic E-state index is 11.1. The number of benzene rings is 1. The highest BCUT2D eigenvalue weighted by Crippen LogP contribution is 2.14. The molecule has 0 aliphatic carbocycles. The minimum absolute atomic E-state index is 0.124. The first-order valence-corrected chi connectivity index (χ1v) is 4.69. The van der Waals surface area contributed by atoms with Gasteiger partial charge in [-0.1, -0.05) is 24.3 Å². The van der Waals surface area contributed by atoms with Crippen LogP contribution in [0, 0.1) is 0 Å². The van der Waals surface area contributed by atoms with Crippen molar-refractivity contribution >= 4 is 23.4 Å². The lowest BCUT2D eigenvalue weighted by Gasteiger charge is -2.05. The van der Waals surface area contributed by atoms with Gasteiger partial charge in [0.2, 0.25) is 0 Å². The molecule has 1 unspecified atom stereocenters. The lowest BCUT2D eigenvalue weighted by atomic mass is 10.1. The van der Waals surface area contributed by atoms with Gasteiger partial charge in [0, 0.05) is 5.56 Å². The van der Waals surface area contributed by atoms with Crippen LogP contribution in [-0.4, -0.2) is 27.8 Å². The van der Waals surface area contributed by atoms with Crippen LogP contribution in [0.25, 0.3) is 0 Å². The fourth-order valence-electron chi connectivity index (χ4n) is 1.07. The minimum atomic E-state index is -1.56. The number of carbonyl (C=O) groups is 2. The number of carboxylic acid groups (broad SMARTS) is 1. The van der Waals surface area contributed by atoms with Crippen molar-refractivity contribution in [3.63, 3.8) is 0 Å². The Labute approximate surface area is 91.1 Å². The first kappa shape index (κ1) is 11.7. The number of aliphatic carboxylic acids is 1. The topological polar surface area (TPSA) is 74.6 Å². The Bertz CT molecular complexity index is 372. The Morgan fingerprint density at radius 1 is 1.27 bits per heavy atom. The van der Waals surface area contributed by atoms with E-state index in [1.807, 2.05) is 0 Å². The lowest BCUT2D eigenvalue weighted by molar-refractivity contribution is -0.146. The highest BCUT2D eigenvalue weighted by molar-refractivity contribution is 6.30. The molecule has 1 aromatic rings. The number of carbonyl (C=O) groups excluding carboxylic acids is 1. The molecular weight excluding hydrogens is 220 g/mol. The van der Waals surface area contributed by atoms with Gasteiger partial charge in [-0.05, 0) is 5.56 Å². The van der Waals surface area contributed by atoms with E-state index >= 15 is 0 Å². The number of Topliss-reactive ketones (excluding diaryl/α,β-unsaturated/α-hetero) is 1. The molecule has 0 spiro atoms. The zero-order chi connectivity index (χ0) is 11.4. The van der Waals surface area contributed by atoms with E-state index in [0.29, 0.717) is 5.56 Å². The van der Waals surface area contributed by atoms with Crippen molar-refractivity contribution in [2.45, 2.75) is 6.10 Å². The smallest absolute Gasteiger partial charge is 0.337 e. The summed E-state index contributed by atoms with van der Waals surface area (Å²) in [5.74, 6) is -1.69. The van der Waals surface area contributed by atoms with Crippen molar-refractivity contribution in [1.29, 1.82) is 0 Å². The summed E-state index contributed by atoms with van der Waals surface area (Å²) in [6.07, 6.45) is -1.56. The van der Waals surface area contributed by atoms with Gasteiger partial charge in [-0.25, -0.2) is 4.79 Å². The number of aliphatic hydroxyl groups is 1. The van der Waals surface area contributed by atoms with Gasteiger partial charge in [0.25, 0.3) is 0 Å². The summed E-state index contributed by atoms with van der Waals surface area (Å²) < 4.78 is 0. The Morgan fingerprint density at radius 3 is 2.20 bits per heavy atom. The molecule has 0 aliphatic rings. The molecule has 0 amide bonds. The Kier molecular flexibility index (Phi) is 3.82. The first-order valence-electron chi connectivity index (χ1n) is 4.16. The zero-order valence-corrected chi connectivity index (χ0v) is 8.44. The first-order chi connectivity index (χ1) is 7.06. The highest BCUT2D eigenvalue weighted by atomic mass is 35.5. The summed E-state index contributed by atoms with van der Waals surface area (Å²) in [6, 6.07) is 5.65. The molecule has 1 rings (SSSR count). The van der Waals surface area contributed by atoms with Gasteiger partial charge in [0.1, 0.15) is 0 Å². The zero-order valence-electron chi connectivity index (χ0n) is 7.68. The number of hydrogen-bond donors (Lipinski definition) is 2. The number of halogens is 1. The van der Waals surface area contributed by atoms with Crippen LogP contribution in [0.4, 0.5) is 0 Å². The summed E-state index contributed by atoms with van der Waals surface area (Å²) in [7, 11) is 0. The van der Waals surface area contributed by atoms with Crippen molar-refractivity contribution in [2.24, 2.45) is 0 Å². The van der Waals surface area contributed by atoms with Crippen molar-refractivity contribution in [3.05, 3.63) is 35.4 Å². The van der Waals surface area contributed by atoms with Crippen molar-refractivity contribution in [1.82, 2.24) is 0 Å². The second-order valence-electron chi connectivity index (χ2n) is 2.92. The van der Waals surface area contributed by atoms with Gasteiger partial charge in [-0.3, -0.25) is 4.79 Å². The molecule has 1 aromatic carbocycles. The number of rotatable bonds is 4. The van der Waals surface area contributed by atoms with Gasteiger partial charge in [0.05, 0.1) is 5.88 Å². The van der Waals surface area contributed by atoms with Gasteiger partial charge >= 0.3 is 5.97 Å². The summed E-state index contributed by atoms with van der Waals surface area (Å²) in [5.41, 5.74) is 0.625. The SMILES string of the molecule is O=C(CCl)c1ccc(C(O)C(=O)O)cc1. The predicted molar refractivity (Wildman–Crippen MR) is 54.1 cm³/mol. The third-order valence-electron chi connectivity index (χ3n) is 1.90. The van der Waals surface area contributed by atoms with E-state index in [1.54, 1.807) is 0 Å². The van der Waals surface area contributed by atoms with Crippen LogP contribution in [0.5, 0.6) is 0 Å². The lowest BCUT2D eigenvalue weighted by Crippen LogP contribution is -2.10. The van der Waals surface area contributed by atoms with Gasteiger partial charge in [-0.2, -0.15) is 0 Å². The molecule has 0 aliphatic heterocycles. The molecule has 1 atom stereocenters. The van der Waals surface area contributed by atoms with E-state index in [2.05, 4.69) is 0 Å². The average Bonchev–Trinajstić information content (AvgIpc) is 2.27. The fraction of sp³-hybridized carbons (Fsp3) is 0.200. The van der Waals surface area contributed by atoms with Gasteiger partial charge in [0.15, 0.2) is 11.9 Å². The van der Waals surface area contributed by atoms with Crippen LogP contribution in [0.2, 0.25) is 0 Å². The third-order valence-corrected chi connectivity index (χ3v) is 2.15. The Hall–Kier alpha value is -1.39. The molecular formula is C10H9ClO4. The molecule has 0 aromatic heterocycles. The second kappa shape index (κ2) is 4.91. The third kappa shape index (κ3) is 2.78. The van der Waals surface area contributed by atoms with Crippen LogP contribution >= 0.6 is 11.6 Å². The maximum Gasteiger partial charge on any atom is 0.337 e. The van der Waals surface area contributed by atoms with E-state index in [-0.39, 0.29) is 17.2 Å². The maximum atomic E-state index is 11.1. The Morgan fingerprint density at radius 2 is 1.80 bits per heavy atom. The van der Waals surface area contributed by atoms with Crippen LogP contribution in [0.1, 0.15) is 22.0 Å². The van der Waals surface area contributed by atoms with Crippen molar-refractivity contribution in [3.8, 4) is 0 Å². The van der Waals surface area contributed by atoms with Crippen LogP contribution in [0.15, 0.2) is 24.3 Å². The average molecular weight is 229 g/mol. The molecule has 80 valence electrons. The summed E-state index contributed by atoms with van der Waals surface area (Å²) in [5, 5.41) is 17.7. The second-order valence-corrected chi connectivity index (χ2v) is 3.19. The van der Waals surface area contributed by atoms with Crippen molar-refractivity contribution in [2.75, 3.05) is 5.88 Å². The van der Waals surface area contributed by atoms with E-state index in [0.717, 1.165) is 0 Å². The van der Waals surface area contributed by atoms with E-state index in [9.17, 15) is 14.7 Å². The number of hydrogen-bond acceptors (Lipinski definition) is 3. The molecule has 0 fully saturated rings. The molecule has 0 radical (unpaired) electrons. The fourth-order valence-corrected chi connectivity index (χ4v) is 1.23. The highest BCUT2D eigenvalue weighted by Gasteiger charge is 2.15. The molecule has 5 heteroatoms. The predicted octanol–water partition coefficient (Wildman–Crippen LogP) is 1.23. The van der Waals surface area contributed by atoms with E-state index in [1.165, 1.54) is 24.3 Å². The Balaban J connectivity index is 2.90. The summed E-state index contributed by atoms with van der Waals surface area (Å²) in [4.78, 5) is 21.6. The molecule has 0 bridgehead atoms. The number of carboxylic acids is 1. The molecule has 15 heavy (non-hydrogen) atoms. The molecule has 2 N–H and O–H groups in total. The molecule has 0 saturated heterocycles. The quantitative estimate of drug-likeness (QED) is 0.600. The number of alkyl halides is 1. The summed E-state index contributed by atoms with van der Waals surface area (Å²) in [6.45, 7) is 0. The standard InChI is InChI=1S/C10H9ClO4/c11-5-8(12)6-1-3-7(4-2-6)9(13)10(14)15/h1-4,9,13H,5H2,(H,14,15). The van der Waals surface area contributed by atoms with E-state index in [4.69, 9.17) is 16.7 Å². The van der Waals surface area contributed by atoms with Gasteiger partial charge < -0.3 is 10.2 Å². The van der Waals surface area contributed by atoms with Crippen molar-refractivity contribution < 1.29 is 19.8 Å². The molecule has 0 heterocycles. The monoisotopic (exact) mass is 228 g/mol. The minimum Gasteiger partial charge on any atom is -0.479 e. The largest absolute Gasteiger partial charge is 0.479 e. The van der Waals surface area contributed by atoms with Crippen LogP contribution < -0.4 is 0 Å². The van der Waals surface area contributed by atoms with Crippen LogP contribution in [0.3, 0.4) is 0 Å². The normalized spacial score (nSPS) is 12.1. The number of ketones is 1. The molecule has 0 saturated carbocycles. The van der Waals surface area contributed by atoms with E-state index < -0.39 is 12.1 Å². The van der Waals surface area contributed by atoms with Gasteiger partial charge in [-0.15, -0.1) is 11.6 Å². The molecule has 4 nitrogen and oxygen atoms in total. The van der Waals surface area contributed by atoms with Crippen LogP contribution in [-0.2, 0) is 4.79 Å².